The molecule has 2 heterocycles. The summed E-state index contributed by atoms with van der Waals surface area (Å²) >= 11 is 0. The Labute approximate surface area is 167 Å². The number of halogens is 3. The zero-order valence-corrected chi connectivity index (χ0v) is 16.1. The Morgan fingerprint density at radius 1 is 1.07 bits per heavy atom. The van der Waals surface area contributed by atoms with Gasteiger partial charge in [0.2, 0.25) is 15.5 Å². The summed E-state index contributed by atoms with van der Waals surface area (Å²) in [4.78, 5) is 12.9. The van der Waals surface area contributed by atoms with E-state index in [-0.39, 0.29) is 16.9 Å². The Balaban J connectivity index is 1.88. The molecule has 0 radical (unpaired) electrons. The molecule has 4 rings (SSSR count). The van der Waals surface area contributed by atoms with Gasteiger partial charge in [0.05, 0.1) is 11.9 Å². The molecule has 2 aromatic heterocycles. The number of aromatic nitrogens is 3. The fourth-order valence-electron chi connectivity index (χ4n) is 3.09. The first-order valence-corrected chi connectivity index (χ1v) is 10.3. The van der Waals surface area contributed by atoms with Crippen molar-refractivity contribution in [1.82, 2.24) is 9.90 Å². The molecule has 156 valence electrons. The molecule has 0 bridgehead atoms. The zero-order chi connectivity index (χ0) is 21.7. The van der Waals surface area contributed by atoms with E-state index in [1.165, 1.54) is 22.7 Å². The van der Waals surface area contributed by atoms with Crippen LogP contribution in [0.25, 0.3) is 22.1 Å². The van der Waals surface area contributed by atoms with E-state index < -0.39 is 27.7 Å². The van der Waals surface area contributed by atoms with Gasteiger partial charge in [-0.15, -0.1) is 17.7 Å². The summed E-state index contributed by atoms with van der Waals surface area (Å²) in [6.45, 7) is 0. The van der Waals surface area contributed by atoms with Crippen LogP contribution in [-0.2, 0) is 10.0 Å². The SMILES string of the molecule is CS(=O)(=O)Nc1cc2c(=O)n(-c3ccc(OC(F)(F)F)cc3)[nH][n+]2c2ccccc12. The Morgan fingerprint density at radius 2 is 1.73 bits per heavy atom. The summed E-state index contributed by atoms with van der Waals surface area (Å²) in [7, 11) is -3.60. The minimum Gasteiger partial charge on any atom is -0.406 e. The molecule has 4 aromatic rings. The molecule has 2 N–H and O–H groups in total. The predicted octanol–water partition coefficient (Wildman–Crippen LogP) is 2.33. The van der Waals surface area contributed by atoms with Crippen LogP contribution in [0.3, 0.4) is 0 Å². The number of nitrogens with zero attached hydrogens (tertiary/aromatic N) is 2. The number of fused-ring (bicyclic) bond motifs is 3. The number of alkyl halides is 3. The Bertz CT molecular complexity index is 1420. The first-order valence-electron chi connectivity index (χ1n) is 8.44. The number of sulfonamides is 1. The summed E-state index contributed by atoms with van der Waals surface area (Å²) in [5.74, 6) is -0.423. The maximum atomic E-state index is 12.9. The molecule has 0 atom stereocenters. The Morgan fingerprint density at radius 3 is 2.37 bits per heavy atom. The molecular formula is C18H14F3N4O4S+. The van der Waals surface area contributed by atoms with Gasteiger partial charge in [-0.25, -0.2) is 13.2 Å². The largest absolute Gasteiger partial charge is 0.573 e. The summed E-state index contributed by atoms with van der Waals surface area (Å²) in [5.41, 5.74) is 0.622. The highest BCUT2D eigenvalue weighted by molar-refractivity contribution is 7.92. The van der Waals surface area contributed by atoms with E-state index in [9.17, 15) is 26.4 Å². The van der Waals surface area contributed by atoms with E-state index in [4.69, 9.17) is 0 Å². The molecule has 12 heteroatoms. The number of rotatable bonds is 4. The van der Waals surface area contributed by atoms with Crippen molar-refractivity contribution in [2.45, 2.75) is 6.36 Å². The molecule has 30 heavy (non-hydrogen) atoms. The van der Waals surface area contributed by atoms with Gasteiger partial charge in [-0.1, -0.05) is 22.0 Å². The van der Waals surface area contributed by atoms with Crippen LogP contribution >= 0.6 is 0 Å². The normalized spacial score (nSPS) is 12.4. The van der Waals surface area contributed by atoms with Crippen molar-refractivity contribution in [3.63, 3.8) is 0 Å². The highest BCUT2D eigenvalue weighted by atomic mass is 32.2. The second kappa shape index (κ2) is 6.76. The lowest BCUT2D eigenvalue weighted by atomic mass is 10.2. The fraction of sp³-hybridized carbons (Fsp3) is 0.111. The zero-order valence-electron chi connectivity index (χ0n) is 15.3. The molecule has 0 saturated heterocycles. The van der Waals surface area contributed by atoms with Crippen LogP contribution in [0.5, 0.6) is 5.75 Å². The molecule has 8 nitrogen and oxygen atoms in total. The van der Waals surface area contributed by atoms with Crippen molar-refractivity contribution >= 4 is 32.1 Å². The average Bonchev–Trinajstić information content (AvgIpc) is 2.97. The number of pyridine rings is 1. The van der Waals surface area contributed by atoms with Crippen molar-refractivity contribution in [2.24, 2.45) is 0 Å². The fourth-order valence-corrected chi connectivity index (χ4v) is 3.65. The first-order chi connectivity index (χ1) is 14.0. The lowest BCUT2D eigenvalue weighted by molar-refractivity contribution is -0.555. The van der Waals surface area contributed by atoms with Crippen LogP contribution in [0.1, 0.15) is 0 Å². The summed E-state index contributed by atoms with van der Waals surface area (Å²) < 4.78 is 69.3. The van der Waals surface area contributed by atoms with Crippen molar-refractivity contribution in [3.05, 3.63) is 65.0 Å². The van der Waals surface area contributed by atoms with E-state index in [1.54, 1.807) is 24.3 Å². The number of nitrogens with one attached hydrogen (secondary N) is 2. The third-order valence-electron chi connectivity index (χ3n) is 4.20. The minimum absolute atomic E-state index is 0.135. The maximum absolute atomic E-state index is 12.9. The number of para-hydroxylation sites is 1. The Kier molecular flexibility index (Phi) is 4.45. The van der Waals surface area contributed by atoms with E-state index in [0.717, 1.165) is 23.1 Å². The van der Waals surface area contributed by atoms with Crippen LogP contribution in [-0.4, -0.2) is 30.9 Å². The lowest BCUT2D eigenvalue weighted by Gasteiger charge is -2.08. The van der Waals surface area contributed by atoms with Gasteiger partial charge in [0.25, 0.3) is 0 Å². The van der Waals surface area contributed by atoms with Gasteiger partial charge >= 0.3 is 11.9 Å². The minimum atomic E-state index is -4.82. The number of H-pyrrole nitrogens is 1. The molecule has 0 spiro atoms. The summed E-state index contributed by atoms with van der Waals surface area (Å²) in [6.07, 6.45) is -3.82. The second-order valence-corrected chi connectivity index (χ2v) is 8.20. The third-order valence-corrected chi connectivity index (χ3v) is 4.79. The second-order valence-electron chi connectivity index (χ2n) is 6.45. The summed E-state index contributed by atoms with van der Waals surface area (Å²) in [6, 6.07) is 13.0. The van der Waals surface area contributed by atoms with Crippen LogP contribution in [0, 0.1) is 0 Å². The van der Waals surface area contributed by atoms with Gasteiger partial charge in [0, 0.05) is 11.5 Å². The highest BCUT2D eigenvalue weighted by Gasteiger charge is 2.31. The van der Waals surface area contributed by atoms with Gasteiger partial charge in [-0.05, 0) is 36.4 Å². The number of hydrogen-bond acceptors (Lipinski definition) is 4. The van der Waals surface area contributed by atoms with Crippen molar-refractivity contribution in [3.8, 4) is 11.4 Å². The molecule has 0 fully saturated rings. The van der Waals surface area contributed by atoms with Crippen molar-refractivity contribution in [2.75, 3.05) is 11.0 Å². The van der Waals surface area contributed by atoms with Gasteiger partial charge in [0.1, 0.15) is 5.75 Å². The number of hydrogen-bond donors (Lipinski definition) is 2. The van der Waals surface area contributed by atoms with E-state index in [0.29, 0.717) is 10.9 Å². The van der Waals surface area contributed by atoms with E-state index in [1.807, 2.05) is 0 Å². The highest BCUT2D eigenvalue weighted by Crippen LogP contribution is 2.24. The molecule has 2 aromatic carbocycles. The van der Waals surface area contributed by atoms with Crippen LogP contribution in [0.2, 0.25) is 0 Å². The molecule has 0 aliphatic rings. The van der Waals surface area contributed by atoms with E-state index in [2.05, 4.69) is 14.7 Å². The number of benzene rings is 2. The van der Waals surface area contributed by atoms with E-state index >= 15 is 0 Å². The number of anilines is 1. The van der Waals surface area contributed by atoms with Gasteiger partial charge in [-0.3, -0.25) is 4.72 Å². The standard InChI is InChI=1S/C18H13F3N4O4S/c1-30(27,28)22-14-10-16-17(26)24(23-25(16)15-5-3-2-4-13(14)15)11-6-8-12(9-7-11)29-18(19,20)21/h2-10,23H,1H3/p+1. The average molecular weight is 439 g/mol. The Hall–Kier alpha value is -3.54. The molecular weight excluding hydrogens is 425 g/mol. The molecule has 0 aliphatic heterocycles. The molecule has 0 amide bonds. The monoisotopic (exact) mass is 439 g/mol. The predicted molar refractivity (Wildman–Crippen MR) is 102 cm³/mol. The molecule has 0 unspecified atom stereocenters. The smallest absolute Gasteiger partial charge is 0.406 e. The topological polar surface area (TPSA) is 97.3 Å². The van der Waals surface area contributed by atoms with Crippen molar-refractivity contribution < 1.29 is 30.8 Å². The molecule has 0 aliphatic carbocycles. The lowest BCUT2D eigenvalue weighted by Crippen LogP contribution is -2.26. The number of ether oxygens (including phenoxy) is 1. The molecule has 0 saturated carbocycles. The van der Waals surface area contributed by atoms with Crippen LogP contribution < -0.4 is 19.5 Å². The van der Waals surface area contributed by atoms with Gasteiger partial charge < -0.3 is 4.74 Å². The van der Waals surface area contributed by atoms with Gasteiger partial charge in [0.15, 0.2) is 11.2 Å². The summed E-state index contributed by atoms with van der Waals surface area (Å²) in [5, 5.41) is 3.41. The van der Waals surface area contributed by atoms with Crippen molar-refractivity contribution in [1.29, 1.82) is 0 Å². The quantitative estimate of drug-likeness (QED) is 0.477. The van der Waals surface area contributed by atoms with Gasteiger partial charge in [-0.2, -0.15) is 0 Å². The van der Waals surface area contributed by atoms with Crippen LogP contribution in [0.15, 0.2) is 59.4 Å². The number of aromatic amines is 1. The van der Waals surface area contributed by atoms with Crippen LogP contribution in [0.4, 0.5) is 18.9 Å². The first kappa shape index (κ1) is 19.8. The maximum Gasteiger partial charge on any atom is 0.573 e. The third kappa shape index (κ3) is 3.81.